The Balaban J connectivity index is 1.36. The second kappa shape index (κ2) is 10.7. The molecule has 0 aromatic rings. The van der Waals surface area contributed by atoms with E-state index in [1.165, 1.54) is 51.4 Å². The molecule has 238 valence electrons. The minimum absolute atomic E-state index is 0.210. The van der Waals surface area contributed by atoms with Crippen LogP contribution in [-0.2, 0) is 0 Å². The van der Waals surface area contributed by atoms with Crippen LogP contribution in [-0.4, -0.2) is 62.6 Å². The lowest BCUT2D eigenvalue weighted by Gasteiger charge is -2.73. The summed E-state index contributed by atoms with van der Waals surface area (Å²) >= 11 is 0. The Morgan fingerprint density at radius 3 is 1.78 bits per heavy atom. The lowest BCUT2D eigenvalue weighted by molar-refractivity contribution is -0.242. The van der Waals surface area contributed by atoms with Crippen molar-refractivity contribution < 1.29 is 25.5 Å². The average Bonchev–Trinajstić information content (AvgIpc) is 3.27. The monoisotopic (exact) mass is 577 g/mol. The van der Waals surface area contributed by atoms with Gasteiger partial charge in [0.1, 0.15) is 18.3 Å². The number of hydrogen-bond acceptors (Lipinski definition) is 6. The fourth-order valence-electron chi connectivity index (χ4n) is 13.3. The molecule has 0 radical (unpaired) electrons. The van der Waals surface area contributed by atoms with Crippen molar-refractivity contribution in [2.24, 2.45) is 68.3 Å². The van der Waals surface area contributed by atoms with Crippen LogP contribution in [0.2, 0.25) is 0 Å². The highest BCUT2D eigenvalue weighted by molar-refractivity contribution is 5.19. The number of hydrogen-bond donors (Lipinski definition) is 6. The molecule has 6 nitrogen and oxygen atoms in total. The van der Waals surface area contributed by atoms with E-state index in [0.29, 0.717) is 33.5 Å². The fraction of sp³-hybridized carbons (Fsp3) is 1.00. The maximum Gasteiger partial charge on any atom is 0.111 e. The molecule has 0 aromatic heterocycles. The molecule has 0 amide bonds. The summed E-state index contributed by atoms with van der Waals surface area (Å²) in [6, 6.07) is 0. The molecule has 5 aliphatic carbocycles. The maximum atomic E-state index is 11.2. The molecular formula is C35H63NO5. The number of rotatable bonds is 7. The summed E-state index contributed by atoms with van der Waals surface area (Å²) in [6.45, 7) is 17.4. The molecule has 7 N–H and O–H groups in total. The van der Waals surface area contributed by atoms with E-state index in [2.05, 4.69) is 41.5 Å². The van der Waals surface area contributed by atoms with Gasteiger partial charge in [-0.3, -0.25) is 0 Å². The van der Waals surface area contributed by atoms with Gasteiger partial charge in [0.2, 0.25) is 0 Å². The number of aliphatic hydroxyl groups excluding tert-OH is 5. The third-order valence-electron chi connectivity index (χ3n) is 15.7. The number of nitrogens with two attached hydrogens (primary N) is 1. The Labute approximate surface area is 249 Å². The predicted molar refractivity (Wildman–Crippen MR) is 163 cm³/mol. The first-order valence-electron chi connectivity index (χ1n) is 17.1. The van der Waals surface area contributed by atoms with E-state index in [0.717, 1.165) is 31.1 Å². The molecule has 0 aromatic carbocycles. The predicted octanol–water partition coefficient (Wildman–Crippen LogP) is 4.88. The van der Waals surface area contributed by atoms with Crippen molar-refractivity contribution in [2.45, 2.75) is 150 Å². The molecule has 0 heterocycles. The SMILES string of the molecule is CC(C(O)C(O)C(O)C(O)C(O)CN)C1CCC2(C)C1CCC1(C)C2CCC2C3(C)CCCC(C)(C)C3CCC21C. The van der Waals surface area contributed by atoms with Crippen LogP contribution >= 0.6 is 0 Å². The molecule has 15 atom stereocenters. The van der Waals surface area contributed by atoms with Crippen molar-refractivity contribution in [2.75, 3.05) is 6.54 Å². The summed E-state index contributed by atoms with van der Waals surface area (Å²) < 4.78 is 0. The summed E-state index contributed by atoms with van der Waals surface area (Å²) in [4.78, 5) is 0. The van der Waals surface area contributed by atoms with E-state index < -0.39 is 30.5 Å². The van der Waals surface area contributed by atoms with Gasteiger partial charge < -0.3 is 31.3 Å². The molecule has 5 fully saturated rings. The van der Waals surface area contributed by atoms with Gasteiger partial charge in [-0.15, -0.1) is 0 Å². The van der Waals surface area contributed by atoms with E-state index in [-0.39, 0.29) is 23.8 Å². The summed E-state index contributed by atoms with van der Waals surface area (Å²) in [6.07, 6.45) is 6.79. The summed E-state index contributed by atoms with van der Waals surface area (Å²) in [5.41, 5.74) is 7.20. The smallest absolute Gasteiger partial charge is 0.111 e. The molecule has 5 rings (SSSR count). The average molecular weight is 578 g/mol. The van der Waals surface area contributed by atoms with Gasteiger partial charge >= 0.3 is 0 Å². The zero-order chi connectivity index (χ0) is 30.3. The van der Waals surface area contributed by atoms with Crippen LogP contribution in [0.4, 0.5) is 0 Å². The molecule has 0 bridgehead atoms. The molecule has 15 unspecified atom stereocenters. The Morgan fingerprint density at radius 2 is 1.17 bits per heavy atom. The number of aliphatic hydroxyl groups is 5. The molecule has 0 spiro atoms. The van der Waals surface area contributed by atoms with Crippen molar-refractivity contribution in [3.05, 3.63) is 0 Å². The first kappa shape index (κ1) is 32.2. The van der Waals surface area contributed by atoms with Crippen molar-refractivity contribution in [3.63, 3.8) is 0 Å². The number of fused-ring (bicyclic) bond motifs is 7. The van der Waals surface area contributed by atoms with E-state index >= 15 is 0 Å². The molecule has 0 saturated heterocycles. The van der Waals surface area contributed by atoms with Gasteiger partial charge in [-0.1, -0.05) is 54.9 Å². The Morgan fingerprint density at radius 1 is 0.610 bits per heavy atom. The largest absolute Gasteiger partial charge is 0.390 e. The first-order chi connectivity index (χ1) is 19.0. The zero-order valence-corrected chi connectivity index (χ0v) is 27.1. The lowest BCUT2D eigenvalue weighted by Crippen LogP contribution is -2.65. The molecular weight excluding hydrogens is 514 g/mol. The Kier molecular flexibility index (Phi) is 8.38. The first-order valence-corrected chi connectivity index (χ1v) is 17.1. The minimum Gasteiger partial charge on any atom is -0.390 e. The highest BCUT2D eigenvalue weighted by Gasteiger charge is 2.70. The topological polar surface area (TPSA) is 127 Å². The van der Waals surface area contributed by atoms with Crippen molar-refractivity contribution >= 4 is 0 Å². The van der Waals surface area contributed by atoms with Crippen LogP contribution in [0, 0.1) is 62.6 Å². The van der Waals surface area contributed by atoms with Crippen LogP contribution in [0.1, 0.15) is 119 Å². The minimum atomic E-state index is -1.65. The van der Waals surface area contributed by atoms with Crippen molar-refractivity contribution in [3.8, 4) is 0 Å². The van der Waals surface area contributed by atoms with Crippen molar-refractivity contribution in [1.29, 1.82) is 0 Å². The summed E-state index contributed by atoms with van der Waals surface area (Å²) in [5.74, 6) is 2.81. The van der Waals surface area contributed by atoms with Gasteiger partial charge in [0.05, 0.1) is 12.2 Å². The van der Waals surface area contributed by atoms with Crippen LogP contribution in [0.3, 0.4) is 0 Å². The molecule has 41 heavy (non-hydrogen) atoms. The second-order valence-electron chi connectivity index (χ2n) is 17.4. The second-order valence-corrected chi connectivity index (χ2v) is 17.4. The summed E-state index contributed by atoms with van der Waals surface area (Å²) in [5, 5.41) is 52.7. The standard InChI is InChI=1S/C35H63NO5/c1-20(27(38)29(40)30(41)28(39)23(37)19-36)21-11-16-32(4)22(21)12-17-34(6)25(32)9-10-26-33(5)15-8-14-31(2,3)24(33)13-18-35(26,34)7/h20-30,37-41H,8-19,36H2,1-7H3. The Hall–Kier alpha value is -0.240. The Bertz CT molecular complexity index is 959. The van der Waals surface area contributed by atoms with Gasteiger partial charge in [-0.25, -0.2) is 0 Å². The third-order valence-corrected chi connectivity index (χ3v) is 15.7. The van der Waals surface area contributed by atoms with Gasteiger partial charge in [0, 0.05) is 6.54 Å². The third kappa shape index (κ3) is 4.54. The van der Waals surface area contributed by atoms with E-state index in [1.807, 2.05) is 6.92 Å². The van der Waals surface area contributed by atoms with Crippen LogP contribution in [0.5, 0.6) is 0 Å². The van der Waals surface area contributed by atoms with Crippen molar-refractivity contribution in [1.82, 2.24) is 0 Å². The molecule has 6 heteroatoms. The van der Waals surface area contributed by atoms with E-state index in [4.69, 9.17) is 5.73 Å². The van der Waals surface area contributed by atoms with Crippen LogP contribution in [0.15, 0.2) is 0 Å². The van der Waals surface area contributed by atoms with E-state index in [9.17, 15) is 25.5 Å². The highest BCUT2D eigenvalue weighted by atomic mass is 16.4. The fourth-order valence-corrected chi connectivity index (χ4v) is 13.3. The van der Waals surface area contributed by atoms with Crippen LogP contribution in [0.25, 0.3) is 0 Å². The molecule has 5 saturated carbocycles. The maximum absolute atomic E-state index is 11.2. The van der Waals surface area contributed by atoms with Gasteiger partial charge in [0.25, 0.3) is 0 Å². The molecule has 0 aliphatic heterocycles. The van der Waals surface area contributed by atoms with Crippen LogP contribution < -0.4 is 5.73 Å². The van der Waals surface area contributed by atoms with Gasteiger partial charge in [-0.05, 0) is 127 Å². The van der Waals surface area contributed by atoms with Gasteiger partial charge in [0.15, 0.2) is 0 Å². The zero-order valence-electron chi connectivity index (χ0n) is 27.1. The van der Waals surface area contributed by atoms with Gasteiger partial charge in [-0.2, -0.15) is 0 Å². The summed E-state index contributed by atoms with van der Waals surface area (Å²) in [7, 11) is 0. The highest BCUT2D eigenvalue weighted by Crippen LogP contribution is 2.78. The quantitative estimate of drug-likeness (QED) is 0.256. The van der Waals surface area contributed by atoms with E-state index in [1.54, 1.807) is 0 Å². The lowest BCUT2D eigenvalue weighted by atomic mass is 9.32. The molecule has 5 aliphatic rings. The normalized spacial score (nSPS) is 49.8.